The van der Waals surface area contributed by atoms with Gasteiger partial charge >= 0.3 is 0 Å². The van der Waals surface area contributed by atoms with E-state index >= 15 is 0 Å². The van der Waals surface area contributed by atoms with Crippen molar-refractivity contribution in [3.8, 4) is 0 Å². The topological polar surface area (TPSA) is 106 Å². The molecule has 0 spiro atoms. The van der Waals surface area contributed by atoms with Crippen molar-refractivity contribution in [2.45, 2.75) is 26.5 Å². The van der Waals surface area contributed by atoms with E-state index in [1.54, 1.807) is 13.8 Å². The first kappa shape index (κ1) is 14.1. The van der Waals surface area contributed by atoms with Crippen molar-refractivity contribution in [3.05, 3.63) is 11.7 Å². The Bertz CT molecular complexity index is 418. The van der Waals surface area contributed by atoms with E-state index in [2.05, 4.69) is 20.8 Å². The van der Waals surface area contributed by atoms with Gasteiger partial charge in [-0.05, 0) is 13.8 Å². The molecule has 2 N–H and O–H groups in total. The maximum Gasteiger partial charge on any atom is 0.292 e. The largest absolute Gasteiger partial charge is 0.369 e. The van der Waals surface area contributed by atoms with Gasteiger partial charge in [0.25, 0.3) is 11.7 Å². The maximum absolute atomic E-state index is 11.5. The Morgan fingerprint density at radius 2 is 2.22 bits per heavy atom. The number of amides is 2. The number of hydrogen-bond donors (Lipinski definition) is 2. The number of aromatic nitrogens is 2. The summed E-state index contributed by atoms with van der Waals surface area (Å²) in [6.07, 6.45) is -0.545. The molecule has 0 aliphatic carbocycles. The maximum atomic E-state index is 11.5. The van der Waals surface area contributed by atoms with E-state index in [9.17, 15) is 9.59 Å². The van der Waals surface area contributed by atoms with Crippen LogP contribution < -0.4 is 10.6 Å². The predicted molar refractivity (Wildman–Crippen MR) is 60.6 cm³/mol. The van der Waals surface area contributed by atoms with Gasteiger partial charge in [0, 0.05) is 13.7 Å². The van der Waals surface area contributed by atoms with Crippen LogP contribution in [0.15, 0.2) is 4.52 Å². The molecule has 0 unspecified atom stereocenters. The highest BCUT2D eigenvalue weighted by atomic mass is 16.5. The molecule has 0 saturated heterocycles. The number of carbonyl (C=O) groups is 2. The molecule has 18 heavy (non-hydrogen) atoms. The molecule has 1 aromatic heterocycles. The minimum absolute atomic E-state index is 0.0558. The highest BCUT2D eigenvalue weighted by Crippen LogP contribution is 1.98. The van der Waals surface area contributed by atoms with Crippen molar-refractivity contribution >= 4 is 11.8 Å². The van der Waals surface area contributed by atoms with Gasteiger partial charge in [0.2, 0.25) is 11.8 Å². The lowest BCUT2D eigenvalue weighted by Gasteiger charge is -2.10. The second-order valence-electron chi connectivity index (χ2n) is 3.41. The third kappa shape index (κ3) is 3.81. The average Bonchev–Trinajstić information content (AvgIpc) is 2.84. The Morgan fingerprint density at radius 3 is 2.83 bits per heavy atom. The van der Waals surface area contributed by atoms with E-state index in [-0.39, 0.29) is 24.2 Å². The molecule has 0 aliphatic heterocycles. The SMILES string of the molecule is CCO[C@H](C)C(=O)NCc1nc(C(=O)NC)no1. The van der Waals surface area contributed by atoms with Gasteiger partial charge in [-0.2, -0.15) is 4.98 Å². The van der Waals surface area contributed by atoms with E-state index in [1.807, 2.05) is 0 Å². The van der Waals surface area contributed by atoms with Crippen molar-refractivity contribution in [3.63, 3.8) is 0 Å². The average molecular weight is 256 g/mol. The van der Waals surface area contributed by atoms with Crippen LogP contribution in [0.2, 0.25) is 0 Å². The third-order valence-corrected chi connectivity index (χ3v) is 2.10. The zero-order chi connectivity index (χ0) is 13.5. The summed E-state index contributed by atoms with van der Waals surface area (Å²) in [5.41, 5.74) is 0. The quantitative estimate of drug-likeness (QED) is 0.708. The molecule has 1 atom stereocenters. The van der Waals surface area contributed by atoms with Crippen LogP contribution in [0.5, 0.6) is 0 Å². The lowest BCUT2D eigenvalue weighted by molar-refractivity contribution is -0.131. The van der Waals surface area contributed by atoms with E-state index in [0.717, 1.165) is 0 Å². The summed E-state index contributed by atoms with van der Waals surface area (Å²) >= 11 is 0. The molecule has 100 valence electrons. The second kappa shape index (κ2) is 6.70. The van der Waals surface area contributed by atoms with Gasteiger partial charge in [0.15, 0.2) is 0 Å². The Balaban J connectivity index is 2.46. The fourth-order valence-electron chi connectivity index (χ4n) is 1.16. The van der Waals surface area contributed by atoms with Gasteiger partial charge < -0.3 is 19.9 Å². The number of rotatable bonds is 6. The number of ether oxygens (including phenoxy) is 1. The van der Waals surface area contributed by atoms with Crippen LogP contribution in [0, 0.1) is 0 Å². The molecule has 1 rings (SSSR count). The van der Waals surface area contributed by atoms with Crippen molar-refractivity contribution in [2.24, 2.45) is 0 Å². The fraction of sp³-hybridized carbons (Fsp3) is 0.600. The summed E-state index contributed by atoms with van der Waals surface area (Å²) in [6.45, 7) is 3.95. The van der Waals surface area contributed by atoms with Crippen LogP contribution in [0.3, 0.4) is 0 Å². The van der Waals surface area contributed by atoms with Crippen molar-refractivity contribution < 1.29 is 18.8 Å². The van der Waals surface area contributed by atoms with Crippen LogP contribution in [0.1, 0.15) is 30.4 Å². The second-order valence-corrected chi connectivity index (χ2v) is 3.41. The standard InChI is InChI=1S/C10H16N4O4/c1-4-17-6(2)9(15)12-5-7-13-8(14-18-7)10(16)11-3/h6H,4-5H2,1-3H3,(H,11,16)(H,12,15)/t6-/m1/s1. The molecule has 0 saturated carbocycles. The van der Waals surface area contributed by atoms with Crippen molar-refractivity contribution in [2.75, 3.05) is 13.7 Å². The first-order valence-corrected chi connectivity index (χ1v) is 5.52. The summed E-state index contributed by atoms with van der Waals surface area (Å²) in [5, 5.41) is 8.39. The summed E-state index contributed by atoms with van der Waals surface area (Å²) in [4.78, 5) is 26.5. The fourth-order valence-corrected chi connectivity index (χ4v) is 1.16. The van der Waals surface area contributed by atoms with Gasteiger partial charge in [-0.1, -0.05) is 5.16 Å². The number of hydrogen-bond acceptors (Lipinski definition) is 6. The number of nitrogens with one attached hydrogen (secondary N) is 2. The van der Waals surface area contributed by atoms with Crippen LogP contribution in [-0.2, 0) is 16.1 Å². The Labute approximate surface area is 104 Å². The van der Waals surface area contributed by atoms with E-state index in [0.29, 0.717) is 6.61 Å². The zero-order valence-electron chi connectivity index (χ0n) is 10.5. The van der Waals surface area contributed by atoms with Gasteiger partial charge in [-0.3, -0.25) is 9.59 Å². The summed E-state index contributed by atoms with van der Waals surface area (Å²) in [6, 6.07) is 0. The monoisotopic (exact) mass is 256 g/mol. The summed E-state index contributed by atoms with van der Waals surface area (Å²) in [7, 11) is 1.46. The number of carbonyl (C=O) groups excluding carboxylic acids is 2. The Kier molecular flexibility index (Phi) is 5.25. The minimum Gasteiger partial charge on any atom is -0.369 e. The molecular formula is C10H16N4O4. The van der Waals surface area contributed by atoms with Crippen LogP contribution >= 0.6 is 0 Å². The molecule has 8 nitrogen and oxygen atoms in total. The van der Waals surface area contributed by atoms with Gasteiger partial charge in [-0.15, -0.1) is 0 Å². The molecule has 1 aromatic rings. The Morgan fingerprint density at radius 1 is 1.50 bits per heavy atom. The van der Waals surface area contributed by atoms with Crippen molar-refractivity contribution in [1.82, 2.24) is 20.8 Å². The molecule has 8 heteroatoms. The normalized spacial score (nSPS) is 11.9. The molecule has 2 amide bonds. The molecular weight excluding hydrogens is 240 g/mol. The molecule has 0 aliphatic rings. The first-order chi connectivity index (χ1) is 8.58. The highest BCUT2D eigenvalue weighted by Gasteiger charge is 2.16. The Hall–Kier alpha value is -1.96. The zero-order valence-corrected chi connectivity index (χ0v) is 10.5. The van der Waals surface area contributed by atoms with E-state index in [4.69, 9.17) is 9.26 Å². The smallest absolute Gasteiger partial charge is 0.292 e. The lowest BCUT2D eigenvalue weighted by atomic mass is 10.4. The van der Waals surface area contributed by atoms with Gasteiger partial charge in [-0.25, -0.2) is 0 Å². The van der Waals surface area contributed by atoms with Crippen LogP contribution in [0.25, 0.3) is 0 Å². The van der Waals surface area contributed by atoms with Crippen molar-refractivity contribution in [1.29, 1.82) is 0 Å². The molecule has 0 aromatic carbocycles. The summed E-state index contributed by atoms with van der Waals surface area (Å²) < 4.78 is 9.91. The minimum atomic E-state index is -0.545. The lowest BCUT2D eigenvalue weighted by Crippen LogP contribution is -2.34. The van der Waals surface area contributed by atoms with Crippen LogP contribution in [-0.4, -0.2) is 41.7 Å². The number of nitrogens with zero attached hydrogens (tertiary/aromatic N) is 2. The predicted octanol–water partition coefficient (Wildman–Crippen LogP) is -0.530. The molecule has 0 radical (unpaired) electrons. The third-order valence-electron chi connectivity index (χ3n) is 2.10. The summed E-state index contributed by atoms with van der Waals surface area (Å²) in [5.74, 6) is -0.638. The first-order valence-electron chi connectivity index (χ1n) is 5.52. The molecule has 1 heterocycles. The molecule has 0 fully saturated rings. The van der Waals surface area contributed by atoms with Crippen LogP contribution in [0.4, 0.5) is 0 Å². The molecule has 0 bridgehead atoms. The van der Waals surface area contributed by atoms with Gasteiger partial charge in [0.1, 0.15) is 6.10 Å². The highest BCUT2D eigenvalue weighted by molar-refractivity contribution is 5.89. The van der Waals surface area contributed by atoms with E-state index < -0.39 is 12.0 Å². The van der Waals surface area contributed by atoms with E-state index in [1.165, 1.54) is 7.05 Å². The van der Waals surface area contributed by atoms with Gasteiger partial charge in [0.05, 0.1) is 6.54 Å².